The molecule has 1 aromatic heterocycles. The Balaban J connectivity index is 2.66. The number of rotatable bonds is 3. The van der Waals surface area contributed by atoms with Crippen LogP contribution in [0, 0.1) is 0 Å². The number of carboxylic acids is 1. The zero-order chi connectivity index (χ0) is 13.1. The molecule has 0 unspecified atom stereocenters. The molecule has 2 rings (SSSR count). The Morgan fingerprint density at radius 3 is 2.78 bits per heavy atom. The van der Waals surface area contributed by atoms with E-state index in [4.69, 9.17) is 10.8 Å². The van der Waals surface area contributed by atoms with E-state index in [2.05, 4.69) is 10.3 Å². The first-order valence-corrected chi connectivity index (χ1v) is 5.24. The van der Waals surface area contributed by atoms with Crippen LogP contribution in [0.5, 0.6) is 0 Å². The fourth-order valence-corrected chi connectivity index (χ4v) is 1.70. The molecular weight excluding hydrogens is 234 g/mol. The quantitative estimate of drug-likeness (QED) is 0.742. The average molecular weight is 245 g/mol. The standard InChI is InChI=1S/C12H11N3O3/c13-6-9(16)15-8-3-1-2-7-4-5-14-11(10(7)8)12(17)18/h1-5H,6,13H2,(H,15,16)(H,17,18). The summed E-state index contributed by atoms with van der Waals surface area (Å²) in [5.41, 5.74) is 5.52. The third-order valence-corrected chi connectivity index (χ3v) is 2.45. The van der Waals surface area contributed by atoms with E-state index < -0.39 is 5.97 Å². The van der Waals surface area contributed by atoms with Gasteiger partial charge in [-0.2, -0.15) is 0 Å². The molecule has 0 fully saturated rings. The van der Waals surface area contributed by atoms with Crippen LogP contribution < -0.4 is 11.1 Å². The van der Waals surface area contributed by atoms with E-state index >= 15 is 0 Å². The maximum absolute atomic E-state index is 11.3. The van der Waals surface area contributed by atoms with E-state index in [1.165, 1.54) is 6.20 Å². The molecule has 0 aliphatic carbocycles. The first-order valence-electron chi connectivity index (χ1n) is 5.24. The second kappa shape index (κ2) is 4.80. The number of fused-ring (bicyclic) bond motifs is 1. The van der Waals surface area contributed by atoms with Crippen molar-refractivity contribution in [3.8, 4) is 0 Å². The topological polar surface area (TPSA) is 105 Å². The van der Waals surface area contributed by atoms with Crippen LogP contribution in [0.15, 0.2) is 30.5 Å². The average Bonchev–Trinajstić information content (AvgIpc) is 2.38. The SMILES string of the molecule is NCC(=O)Nc1cccc2ccnc(C(=O)O)c12. The molecule has 0 radical (unpaired) electrons. The summed E-state index contributed by atoms with van der Waals surface area (Å²) < 4.78 is 0. The molecule has 0 aliphatic heterocycles. The van der Waals surface area contributed by atoms with Crippen LogP contribution in [0.1, 0.15) is 10.5 Å². The Hall–Kier alpha value is -2.47. The zero-order valence-electron chi connectivity index (χ0n) is 9.38. The number of hydrogen-bond donors (Lipinski definition) is 3. The van der Waals surface area contributed by atoms with Crippen molar-refractivity contribution >= 4 is 28.3 Å². The summed E-state index contributed by atoms with van der Waals surface area (Å²) in [6.07, 6.45) is 1.42. The van der Waals surface area contributed by atoms with Crippen molar-refractivity contribution in [2.45, 2.75) is 0 Å². The number of carbonyl (C=O) groups excluding carboxylic acids is 1. The minimum atomic E-state index is -1.14. The van der Waals surface area contributed by atoms with Gasteiger partial charge in [0.05, 0.1) is 12.2 Å². The van der Waals surface area contributed by atoms with Crippen molar-refractivity contribution in [2.24, 2.45) is 5.73 Å². The summed E-state index contributed by atoms with van der Waals surface area (Å²) in [5, 5.41) is 12.8. The number of aromatic carboxylic acids is 1. The molecule has 92 valence electrons. The third-order valence-electron chi connectivity index (χ3n) is 2.45. The van der Waals surface area contributed by atoms with Gasteiger partial charge in [0.2, 0.25) is 5.91 Å². The number of aromatic nitrogens is 1. The third kappa shape index (κ3) is 2.14. The summed E-state index contributed by atoms with van der Waals surface area (Å²) in [7, 11) is 0. The van der Waals surface area contributed by atoms with Crippen molar-refractivity contribution in [3.05, 3.63) is 36.2 Å². The maximum atomic E-state index is 11.3. The molecule has 6 nitrogen and oxygen atoms in total. The number of carboxylic acid groups (broad SMARTS) is 1. The molecule has 2 aromatic rings. The summed E-state index contributed by atoms with van der Waals surface area (Å²) in [5.74, 6) is -1.53. The smallest absolute Gasteiger partial charge is 0.355 e. The molecule has 0 spiro atoms. The molecule has 18 heavy (non-hydrogen) atoms. The van der Waals surface area contributed by atoms with Gasteiger partial charge < -0.3 is 16.2 Å². The van der Waals surface area contributed by atoms with Crippen LogP contribution in [-0.4, -0.2) is 28.5 Å². The second-order valence-electron chi connectivity index (χ2n) is 3.62. The highest BCUT2D eigenvalue weighted by Gasteiger charge is 2.14. The maximum Gasteiger partial charge on any atom is 0.355 e. The predicted octanol–water partition coefficient (Wildman–Crippen LogP) is 0.830. The fraction of sp³-hybridized carbons (Fsp3) is 0.0833. The van der Waals surface area contributed by atoms with E-state index in [1.807, 2.05) is 0 Å². The van der Waals surface area contributed by atoms with Gasteiger partial charge in [0.1, 0.15) is 0 Å². The van der Waals surface area contributed by atoms with Crippen molar-refractivity contribution in [1.82, 2.24) is 4.98 Å². The molecule has 1 aromatic carbocycles. The van der Waals surface area contributed by atoms with Gasteiger partial charge in [0, 0.05) is 11.6 Å². The number of amides is 1. The molecular formula is C12H11N3O3. The Labute approximate surface area is 102 Å². The van der Waals surface area contributed by atoms with Gasteiger partial charge in [-0.25, -0.2) is 9.78 Å². The van der Waals surface area contributed by atoms with Gasteiger partial charge in [-0.15, -0.1) is 0 Å². The van der Waals surface area contributed by atoms with Gasteiger partial charge in [0.15, 0.2) is 5.69 Å². The monoisotopic (exact) mass is 245 g/mol. The van der Waals surface area contributed by atoms with Crippen LogP contribution in [0.2, 0.25) is 0 Å². The summed E-state index contributed by atoms with van der Waals surface area (Å²) in [6, 6.07) is 6.77. The van der Waals surface area contributed by atoms with E-state index in [9.17, 15) is 9.59 Å². The number of anilines is 1. The van der Waals surface area contributed by atoms with Crippen molar-refractivity contribution < 1.29 is 14.7 Å². The van der Waals surface area contributed by atoms with Crippen LogP contribution in [0.25, 0.3) is 10.8 Å². The van der Waals surface area contributed by atoms with Gasteiger partial charge in [0.25, 0.3) is 0 Å². The van der Waals surface area contributed by atoms with Gasteiger partial charge >= 0.3 is 5.97 Å². The first-order chi connectivity index (χ1) is 8.63. The van der Waals surface area contributed by atoms with Crippen LogP contribution in [0.4, 0.5) is 5.69 Å². The number of nitrogens with two attached hydrogens (primary N) is 1. The Morgan fingerprint density at radius 1 is 1.33 bits per heavy atom. The largest absolute Gasteiger partial charge is 0.476 e. The summed E-state index contributed by atoms with van der Waals surface area (Å²) >= 11 is 0. The van der Waals surface area contributed by atoms with Gasteiger partial charge in [-0.1, -0.05) is 12.1 Å². The van der Waals surface area contributed by atoms with Crippen LogP contribution in [-0.2, 0) is 4.79 Å². The summed E-state index contributed by atoms with van der Waals surface area (Å²) in [4.78, 5) is 26.2. The lowest BCUT2D eigenvalue weighted by atomic mass is 10.1. The highest BCUT2D eigenvalue weighted by atomic mass is 16.4. The van der Waals surface area contributed by atoms with Crippen LogP contribution >= 0.6 is 0 Å². The van der Waals surface area contributed by atoms with Crippen molar-refractivity contribution in [1.29, 1.82) is 0 Å². The molecule has 0 atom stereocenters. The molecule has 0 saturated carbocycles. The molecule has 0 saturated heterocycles. The highest BCUT2D eigenvalue weighted by Crippen LogP contribution is 2.25. The first kappa shape index (κ1) is 12.0. The van der Waals surface area contributed by atoms with E-state index in [0.717, 1.165) is 0 Å². The van der Waals surface area contributed by atoms with Crippen molar-refractivity contribution in [3.63, 3.8) is 0 Å². The predicted molar refractivity (Wildman–Crippen MR) is 66.4 cm³/mol. The molecule has 4 N–H and O–H groups in total. The fourth-order valence-electron chi connectivity index (χ4n) is 1.70. The zero-order valence-corrected chi connectivity index (χ0v) is 9.38. The normalized spacial score (nSPS) is 10.3. The number of hydrogen-bond acceptors (Lipinski definition) is 4. The number of nitrogens with one attached hydrogen (secondary N) is 1. The van der Waals surface area contributed by atoms with Gasteiger partial charge in [-0.3, -0.25) is 4.79 Å². The Kier molecular flexibility index (Phi) is 3.20. The number of benzene rings is 1. The Morgan fingerprint density at radius 2 is 2.11 bits per heavy atom. The summed E-state index contributed by atoms with van der Waals surface area (Å²) in [6.45, 7) is -0.168. The minimum absolute atomic E-state index is 0.0968. The lowest BCUT2D eigenvalue weighted by molar-refractivity contribution is -0.114. The van der Waals surface area contributed by atoms with E-state index in [0.29, 0.717) is 16.5 Å². The highest BCUT2D eigenvalue weighted by molar-refractivity contribution is 6.10. The van der Waals surface area contributed by atoms with Crippen molar-refractivity contribution in [2.75, 3.05) is 11.9 Å². The second-order valence-corrected chi connectivity index (χ2v) is 3.62. The molecule has 6 heteroatoms. The van der Waals surface area contributed by atoms with Gasteiger partial charge in [-0.05, 0) is 17.5 Å². The van der Waals surface area contributed by atoms with Crippen LogP contribution in [0.3, 0.4) is 0 Å². The molecule has 0 aliphatic rings. The van der Waals surface area contributed by atoms with E-state index in [-0.39, 0.29) is 18.1 Å². The lowest BCUT2D eigenvalue weighted by Crippen LogP contribution is -2.22. The number of pyridine rings is 1. The number of carbonyl (C=O) groups is 2. The molecule has 0 bridgehead atoms. The minimum Gasteiger partial charge on any atom is -0.476 e. The molecule has 1 heterocycles. The number of nitrogens with zero attached hydrogens (tertiary/aromatic N) is 1. The Bertz CT molecular complexity index is 620. The molecule has 1 amide bonds. The lowest BCUT2D eigenvalue weighted by Gasteiger charge is -2.09. The van der Waals surface area contributed by atoms with E-state index in [1.54, 1.807) is 24.3 Å².